The van der Waals surface area contributed by atoms with Crippen LogP contribution in [0.4, 0.5) is 52.7 Å². The van der Waals surface area contributed by atoms with E-state index >= 15 is 0 Å². The summed E-state index contributed by atoms with van der Waals surface area (Å²) in [5.41, 5.74) is -24.2. The van der Waals surface area contributed by atoms with Crippen molar-refractivity contribution in [1.82, 2.24) is 0 Å². The Morgan fingerprint density at radius 3 is 1.04 bits per heavy atom. The number of rotatable bonds is 17. The largest absolute Gasteiger partial charge is 0.498 e. The van der Waals surface area contributed by atoms with Crippen molar-refractivity contribution in [3.8, 4) is 0 Å². The molecule has 0 N–H and O–H groups in total. The molecule has 0 fully saturated rings. The third kappa shape index (κ3) is 19.3. The molecule has 0 saturated heterocycles. The molecule has 0 spiro atoms. The van der Waals surface area contributed by atoms with E-state index in [0.717, 1.165) is 19.6 Å². The van der Waals surface area contributed by atoms with Gasteiger partial charge in [-0.25, -0.2) is 33.7 Å². The minimum absolute atomic E-state index is 0. The monoisotopic (exact) mass is 834 g/mol. The highest BCUT2D eigenvalue weighted by Crippen LogP contribution is 2.38. The second-order valence-corrected chi connectivity index (χ2v) is 18.2. The fraction of sp³-hybridized carbons (Fsp3) is 1.00. The van der Waals surface area contributed by atoms with Gasteiger partial charge in [0.25, 0.3) is 39.3 Å². The van der Waals surface area contributed by atoms with Gasteiger partial charge < -0.3 is 9.47 Å². The predicted molar refractivity (Wildman–Crippen MR) is 155 cm³/mol. The molecular weight excluding hydrogens is 792 g/mol. The summed E-state index contributed by atoms with van der Waals surface area (Å²) in [4.78, 5) is 0. The molecule has 0 heterocycles. The normalized spacial score (nSPS) is 13.7. The van der Waals surface area contributed by atoms with Crippen molar-refractivity contribution >= 4 is 39.3 Å². The maximum Gasteiger partial charge on any atom is 0.498 e. The van der Waals surface area contributed by atoms with Crippen LogP contribution in [0.25, 0.3) is 0 Å². The van der Waals surface area contributed by atoms with E-state index in [1.54, 1.807) is 6.92 Å². The Morgan fingerprint density at radius 1 is 0.469 bits per heavy atom. The topological polar surface area (TPSA) is 155 Å². The van der Waals surface area contributed by atoms with Gasteiger partial charge in [-0.3, -0.25) is 0 Å². The molecule has 0 rings (SSSR count). The lowest BCUT2D eigenvalue weighted by atomic mass is 10.2. The summed E-state index contributed by atoms with van der Waals surface area (Å²) >= 11 is 0. The van der Waals surface area contributed by atoms with E-state index in [4.69, 9.17) is 9.47 Å². The lowest BCUT2D eigenvalue weighted by molar-refractivity contribution is -0.140. The summed E-state index contributed by atoms with van der Waals surface area (Å²) < 4.78 is 235. The van der Waals surface area contributed by atoms with E-state index in [1.165, 1.54) is 19.3 Å². The molecule has 0 atom stereocenters. The van der Waals surface area contributed by atoms with Gasteiger partial charge in [0.1, 0.15) is 0 Å². The third-order valence-corrected chi connectivity index (χ3v) is 14.0. The molecule has 0 unspecified atom stereocenters. The van der Waals surface area contributed by atoms with Crippen molar-refractivity contribution in [2.24, 2.45) is 0 Å². The van der Waals surface area contributed by atoms with Crippen molar-refractivity contribution in [3.05, 3.63) is 0 Å². The Balaban J connectivity index is -0.000000320. The van der Waals surface area contributed by atoms with Crippen molar-refractivity contribution in [3.63, 3.8) is 0 Å². The molecule has 0 bridgehead atoms. The number of unbranched alkanes of at least 4 members (excludes halogenated alkanes) is 5. The fourth-order valence-corrected chi connectivity index (χ4v) is 9.24. The van der Waals surface area contributed by atoms with Gasteiger partial charge in [0.2, 0.25) is 0 Å². The van der Waals surface area contributed by atoms with Gasteiger partial charge in [0.15, 0.2) is 16.0 Å². The minimum atomic E-state index is -6.47. The van der Waals surface area contributed by atoms with Gasteiger partial charge in [0, 0.05) is 13.2 Å². The highest BCUT2D eigenvalue weighted by Gasteiger charge is 2.62. The van der Waals surface area contributed by atoms with Crippen molar-refractivity contribution in [2.45, 2.75) is 126 Å². The van der Waals surface area contributed by atoms with Gasteiger partial charge in [-0.05, 0) is 33.1 Å². The molecule has 49 heavy (non-hydrogen) atoms. The number of alkyl halides is 12. The van der Waals surface area contributed by atoms with Crippen LogP contribution < -0.4 is 0 Å². The molecule has 0 aromatic carbocycles. The van der Waals surface area contributed by atoms with Crippen molar-refractivity contribution < 1.29 is 95.8 Å². The van der Waals surface area contributed by atoms with Gasteiger partial charge in [-0.2, -0.15) is 52.7 Å². The molecule has 26 heteroatoms. The van der Waals surface area contributed by atoms with E-state index in [9.17, 15) is 86.4 Å². The molecule has 0 aliphatic rings. The first-order valence-electron chi connectivity index (χ1n) is 13.7. The summed E-state index contributed by atoms with van der Waals surface area (Å²) in [6.07, 6.45) is 4.35. The van der Waals surface area contributed by atoms with Crippen LogP contribution in [0.1, 0.15) is 92.9 Å². The Hall–Kier alpha value is -1.12. The van der Waals surface area contributed by atoms with Crippen molar-refractivity contribution in [2.75, 3.05) is 18.3 Å². The second kappa shape index (κ2) is 22.1. The highest BCUT2D eigenvalue weighted by molar-refractivity contribution is 8.10. The number of halogens is 12. The summed E-state index contributed by atoms with van der Waals surface area (Å²) in [6, 6.07) is 0. The molecule has 0 amide bonds. The molecule has 0 aliphatic carbocycles. The lowest BCUT2D eigenvalue weighted by Gasteiger charge is -2.20. The summed E-state index contributed by atoms with van der Waals surface area (Å²) in [6.45, 7) is 9.41. The Bertz CT molecular complexity index is 1250. The average Bonchev–Trinajstić information content (AvgIpc) is 2.86. The van der Waals surface area contributed by atoms with Crippen LogP contribution in [0.2, 0.25) is 0 Å². The molecule has 0 saturated carbocycles. The molecule has 0 aliphatic heterocycles. The SMILES string of the molecule is C.CCCCCC(OCC)OCC.CCCCCCC(S(=O)(=O)C(F)(F)F)S(=O)(=O)C(F)(F)F.O=S(=O)(CS(=O)(=O)C(F)(F)F)C(F)(F)F. The van der Waals surface area contributed by atoms with Crippen molar-refractivity contribution in [1.29, 1.82) is 0 Å². The predicted octanol–water partition coefficient (Wildman–Crippen LogP) is 7.57. The van der Waals surface area contributed by atoms with Crippen LogP contribution in [-0.2, 0) is 48.8 Å². The number of sulfone groups is 4. The van der Waals surface area contributed by atoms with Crippen LogP contribution in [0.3, 0.4) is 0 Å². The quantitative estimate of drug-likeness (QED) is 0.0815. The highest BCUT2D eigenvalue weighted by atomic mass is 32.3. The zero-order valence-electron chi connectivity index (χ0n) is 25.9. The van der Waals surface area contributed by atoms with E-state index < -0.39 is 77.5 Å². The molecule has 10 nitrogen and oxygen atoms in total. The zero-order chi connectivity index (χ0) is 39.1. The van der Waals surface area contributed by atoms with Crippen LogP contribution in [0.5, 0.6) is 0 Å². The van der Waals surface area contributed by atoms with Crippen LogP contribution in [0.15, 0.2) is 0 Å². The summed E-state index contributed by atoms with van der Waals surface area (Å²) in [7, 11) is -25.6. The zero-order valence-corrected chi connectivity index (χ0v) is 29.2. The van der Waals surface area contributed by atoms with Gasteiger partial charge in [0.05, 0.1) is 0 Å². The molecule has 302 valence electrons. The fourth-order valence-electron chi connectivity index (χ4n) is 3.00. The first-order valence-corrected chi connectivity index (χ1v) is 20.1. The first-order chi connectivity index (χ1) is 21.2. The maximum absolute atomic E-state index is 12.4. The number of hydrogen-bond acceptors (Lipinski definition) is 10. The van der Waals surface area contributed by atoms with Gasteiger partial charge >= 0.3 is 22.0 Å². The lowest BCUT2D eigenvalue weighted by Crippen LogP contribution is -2.44. The van der Waals surface area contributed by atoms with E-state index in [-0.39, 0.29) is 26.6 Å². The molecular formula is C23H42F12O10S4. The minimum Gasteiger partial charge on any atom is -0.353 e. The standard InChI is InChI=1S/C10H22O2.C9H14F6O4S2.C3H2F6O4S2.CH4/c1-4-7-8-9-10(11-5-2)12-6-3;1-2-3-4-5-6-7(20(16,17)8(10,11)12)21(18,19)9(13,14)15;4-2(5,6)14(10,11)1-15(12,13)3(7,8)9;/h10H,4-9H2,1-3H3;7H,2-6H2,1H3;1H2;1H4. The first kappa shape index (κ1) is 54.7. The Morgan fingerprint density at radius 2 is 0.776 bits per heavy atom. The Labute approximate surface area is 279 Å². The van der Waals surface area contributed by atoms with E-state index in [2.05, 4.69) is 6.92 Å². The molecule has 0 aromatic rings. The summed E-state index contributed by atoms with van der Waals surface area (Å²) in [5.74, 6) is 0. The third-order valence-electron chi connectivity index (χ3n) is 5.39. The summed E-state index contributed by atoms with van der Waals surface area (Å²) in [5, 5.41) is -3.03. The van der Waals surface area contributed by atoms with Gasteiger partial charge in [-0.1, -0.05) is 59.8 Å². The van der Waals surface area contributed by atoms with Crippen LogP contribution in [-0.4, -0.2) is 84.9 Å². The number of ether oxygens (including phenoxy) is 2. The second-order valence-electron chi connectivity index (χ2n) is 9.34. The van der Waals surface area contributed by atoms with E-state index in [0.29, 0.717) is 12.8 Å². The van der Waals surface area contributed by atoms with E-state index in [1.807, 2.05) is 13.8 Å². The van der Waals surface area contributed by atoms with Crippen LogP contribution >= 0.6 is 0 Å². The maximum atomic E-state index is 12.4. The van der Waals surface area contributed by atoms with Gasteiger partial charge in [-0.15, -0.1) is 0 Å². The molecule has 0 aromatic heterocycles. The smallest absolute Gasteiger partial charge is 0.353 e. The average molecular weight is 835 g/mol. The number of hydrogen-bond donors (Lipinski definition) is 0. The van der Waals surface area contributed by atoms with Crippen LogP contribution in [0, 0.1) is 0 Å². The molecule has 0 radical (unpaired) electrons. The Kier molecular flexibility index (Phi) is 24.6.